The molecule has 5 rings (SSSR count). The maximum Gasteiger partial charge on any atom is 0.253 e. The predicted octanol–water partition coefficient (Wildman–Crippen LogP) is 3.24. The van der Waals surface area contributed by atoms with Gasteiger partial charge in [-0.3, -0.25) is 9.59 Å². The zero-order valence-electron chi connectivity index (χ0n) is 17.7. The summed E-state index contributed by atoms with van der Waals surface area (Å²) in [5.74, 6) is -0.477. The number of carbonyl (C=O) groups excluding carboxylic acids is 2. The molecular formula is C23H24ClFN4O3. The molecule has 2 atom stereocenters. The van der Waals surface area contributed by atoms with Crippen LogP contribution in [0.1, 0.15) is 31.7 Å². The highest BCUT2D eigenvalue weighted by Gasteiger charge is 2.53. The summed E-state index contributed by atoms with van der Waals surface area (Å²) >= 11 is 6.91. The van der Waals surface area contributed by atoms with Crippen LogP contribution in [0.15, 0.2) is 24.4 Å². The molecule has 2 aliphatic heterocycles. The number of carbonyl (C=O) groups is 2. The van der Waals surface area contributed by atoms with Gasteiger partial charge in [0.1, 0.15) is 12.4 Å². The third kappa shape index (κ3) is 3.08. The van der Waals surface area contributed by atoms with E-state index in [0.717, 1.165) is 12.0 Å². The number of halogens is 2. The highest BCUT2D eigenvalue weighted by atomic mass is 35.5. The fourth-order valence-corrected chi connectivity index (χ4v) is 5.80. The molecule has 32 heavy (non-hydrogen) atoms. The van der Waals surface area contributed by atoms with E-state index < -0.39 is 11.2 Å². The lowest BCUT2D eigenvalue weighted by Gasteiger charge is -2.28. The molecule has 3 heterocycles. The van der Waals surface area contributed by atoms with Crippen LogP contribution in [0.2, 0.25) is 5.02 Å². The number of primary amides is 1. The molecule has 2 amide bonds. The Morgan fingerprint density at radius 1 is 1.34 bits per heavy atom. The van der Waals surface area contributed by atoms with Gasteiger partial charge in [-0.05, 0) is 25.3 Å². The molecule has 1 saturated carbocycles. The number of nitrogens with zero attached hydrogens (tertiary/aromatic N) is 2. The van der Waals surface area contributed by atoms with Gasteiger partial charge in [-0.1, -0.05) is 30.7 Å². The summed E-state index contributed by atoms with van der Waals surface area (Å²) in [6.45, 7) is 3.05. The molecule has 3 N–H and O–H groups in total. The summed E-state index contributed by atoms with van der Waals surface area (Å²) in [5, 5.41) is 3.72. The highest BCUT2D eigenvalue weighted by molar-refractivity contribution is 6.34. The average molecular weight is 459 g/mol. The van der Waals surface area contributed by atoms with Crippen molar-refractivity contribution in [2.24, 2.45) is 11.1 Å². The molecule has 3 aliphatic rings. The predicted molar refractivity (Wildman–Crippen MR) is 119 cm³/mol. The van der Waals surface area contributed by atoms with Crippen molar-refractivity contribution in [3.8, 4) is 11.1 Å². The lowest BCUT2D eigenvalue weighted by Crippen LogP contribution is -2.42. The van der Waals surface area contributed by atoms with Gasteiger partial charge in [-0.2, -0.15) is 0 Å². The fourth-order valence-electron chi connectivity index (χ4n) is 5.36. The van der Waals surface area contributed by atoms with E-state index in [1.165, 1.54) is 4.90 Å². The Morgan fingerprint density at radius 3 is 2.88 bits per heavy atom. The van der Waals surface area contributed by atoms with E-state index in [0.29, 0.717) is 42.4 Å². The van der Waals surface area contributed by atoms with E-state index in [1.54, 1.807) is 24.4 Å². The van der Waals surface area contributed by atoms with Crippen LogP contribution >= 0.6 is 11.6 Å². The summed E-state index contributed by atoms with van der Waals surface area (Å²) in [7, 11) is 0. The van der Waals surface area contributed by atoms with Crippen LogP contribution in [-0.4, -0.2) is 43.1 Å². The maximum atomic E-state index is 15.6. The summed E-state index contributed by atoms with van der Waals surface area (Å²) in [5.41, 5.74) is 6.43. The van der Waals surface area contributed by atoms with Crippen LogP contribution in [0.3, 0.4) is 0 Å². The fraction of sp³-hybridized carbons (Fsp3) is 0.435. The molecule has 1 aromatic carbocycles. The van der Waals surface area contributed by atoms with Crippen molar-refractivity contribution in [2.45, 2.75) is 31.6 Å². The second kappa shape index (κ2) is 7.42. The first-order chi connectivity index (χ1) is 15.3. The number of ether oxygens (including phenoxy) is 1. The first-order valence-corrected chi connectivity index (χ1v) is 11.0. The number of morpholine rings is 1. The summed E-state index contributed by atoms with van der Waals surface area (Å²) < 4.78 is 20.8. The highest BCUT2D eigenvalue weighted by Crippen LogP contribution is 2.57. The molecule has 0 bridgehead atoms. The largest absolute Gasteiger partial charge is 0.370 e. The number of aromatic nitrogens is 1. The zero-order valence-corrected chi connectivity index (χ0v) is 18.5. The molecule has 1 spiro atoms. The van der Waals surface area contributed by atoms with Gasteiger partial charge >= 0.3 is 0 Å². The topological polar surface area (TPSA) is 97.6 Å². The van der Waals surface area contributed by atoms with E-state index in [2.05, 4.69) is 10.3 Å². The van der Waals surface area contributed by atoms with Crippen molar-refractivity contribution in [3.63, 3.8) is 0 Å². The standard InChI is InChI=1S/C23H24ClFN4O3/c1-22(21(26)31)5-6-23(11-22)12-28-20-17(23)18(24)14(9-27-20)13-3-2-4-15(19(13)25)29-7-8-32-10-16(29)30/h2-4,9H,5-8,10-12H2,1H3,(H2,26,31)(H,27,28)/t22-,23-/m0/s1. The van der Waals surface area contributed by atoms with E-state index in [1.807, 2.05) is 6.92 Å². The second-order valence-electron chi connectivity index (χ2n) is 9.18. The van der Waals surface area contributed by atoms with Gasteiger partial charge in [0.2, 0.25) is 5.91 Å². The number of pyridine rings is 1. The molecule has 1 aromatic heterocycles. The molecule has 0 unspecified atom stereocenters. The summed E-state index contributed by atoms with van der Waals surface area (Å²) in [6.07, 6.45) is 3.51. The Morgan fingerprint density at radius 2 is 2.16 bits per heavy atom. The SMILES string of the molecule is C[C@]1(C(N)=O)CC[C@@]2(CNc3ncc(-c4cccc(N5CCOCC5=O)c4F)c(Cl)c32)C1. The van der Waals surface area contributed by atoms with Gasteiger partial charge in [-0.15, -0.1) is 0 Å². The van der Waals surface area contributed by atoms with Gasteiger partial charge in [0.05, 0.1) is 17.3 Å². The normalized spacial score (nSPS) is 27.0. The van der Waals surface area contributed by atoms with Gasteiger partial charge in [0.25, 0.3) is 5.91 Å². The summed E-state index contributed by atoms with van der Waals surface area (Å²) in [4.78, 5) is 30.2. The Labute approximate surface area is 190 Å². The molecule has 7 nitrogen and oxygen atoms in total. The van der Waals surface area contributed by atoms with E-state index in [4.69, 9.17) is 22.1 Å². The van der Waals surface area contributed by atoms with Gasteiger partial charge in [-0.25, -0.2) is 9.37 Å². The number of amides is 2. The lowest BCUT2D eigenvalue weighted by molar-refractivity contribution is -0.127. The Kier molecular flexibility index (Phi) is 4.90. The lowest BCUT2D eigenvalue weighted by atomic mass is 9.76. The Balaban J connectivity index is 1.59. The van der Waals surface area contributed by atoms with Crippen LogP contribution in [-0.2, 0) is 19.7 Å². The first kappa shape index (κ1) is 21.2. The van der Waals surface area contributed by atoms with Crippen LogP contribution in [0.5, 0.6) is 0 Å². The minimum Gasteiger partial charge on any atom is -0.370 e. The van der Waals surface area contributed by atoms with E-state index in [9.17, 15) is 9.59 Å². The zero-order chi connectivity index (χ0) is 22.7. The molecular weight excluding hydrogens is 435 g/mol. The maximum absolute atomic E-state index is 15.6. The molecule has 2 aromatic rings. The van der Waals surface area contributed by atoms with Gasteiger partial charge in [0.15, 0.2) is 5.82 Å². The molecule has 9 heteroatoms. The van der Waals surface area contributed by atoms with Crippen molar-refractivity contribution in [2.75, 3.05) is 36.5 Å². The molecule has 1 saturated heterocycles. The molecule has 168 valence electrons. The van der Waals surface area contributed by atoms with Crippen LogP contribution < -0.4 is 16.0 Å². The van der Waals surface area contributed by atoms with Crippen molar-refractivity contribution in [3.05, 3.63) is 40.8 Å². The van der Waals surface area contributed by atoms with E-state index in [-0.39, 0.29) is 41.6 Å². The van der Waals surface area contributed by atoms with Crippen molar-refractivity contribution in [1.82, 2.24) is 4.98 Å². The number of hydrogen-bond acceptors (Lipinski definition) is 5. The van der Waals surface area contributed by atoms with Crippen LogP contribution in [0.4, 0.5) is 15.9 Å². The van der Waals surface area contributed by atoms with Gasteiger partial charge < -0.3 is 20.7 Å². The smallest absolute Gasteiger partial charge is 0.253 e. The third-order valence-electron chi connectivity index (χ3n) is 7.16. The van der Waals surface area contributed by atoms with Crippen LogP contribution in [0.25, 0.3) is 11.1 Å². The minimum atomic E-state index is -0.621. The number of benzene rings is 1. The van der Waals surface area contributed by atoms with Crippen molar-refractivity contribution < 1.29 is 18.7 Å². The monoisotopic (exact) mass is 458 g/mol. The average Bonchev–Trinajstić information content (AvgIpc) is 3.31. The van der Waals surface area contributed by atoms with E-state index >= 15 is 4.39 Å². The summed E-state index contributed by atoms with van der Waals surface area (Å²) in [6, 6.07) is 4.92. The second-order valence-corrected chi connectivity index (χ2v) is 9.56. The van der Waals surface area contributed by atoms with Crippen molar-refractivity contribution >= 4 is 34.9 Å². The number of anilines is 2. The number of nitrogens with two attached hydrogens (primary N) is 1. The minimum absolute atomic E-state index is 0.0718. The molecule has 2 fully saturated rings. The van der Waals surface area contributed by atoms with Crippen molar-refractivity contribution in [1.29, 1.82) is 0 Å². The quantitative estimate of drug-likeness (QED) is 0.735. The molecule has 1 aliphatic carbocycles. The van der Waals surface area contributed by atoms with Crippen LogP contribution in [0, 0.1) is 11.2 Å². The number of nitrogens with one attached hydrogen (secondary N) is 1. The molecule has 0 radical (unpaired) electrons. The third-order valence-corrected chi connectivity index (χ3v) is 7.56. The number of rotatable bonds is 3. The number of fused-ring (bicyclic) bond motifs is 2. The number of hydrogen-bond donors (Lipinski definition) is 2. The Bertz CT molecular complexity index is 1140. The Hall–Kier alpha value is -2.71. The van der Waals surface area contributed by atoms with Gasteiger partial charge in [0, 0.05) is 46.8 Å². The first-order valence-electron chi connectivity index (χ1n) is 10.7.